The van der Waals surface area contributed by atoms with Crippen molar-refractivity contribution >= 4 is 0 Å². The number of benzene rings is 1. The summed E-state index contributed by atoms with van der Waals surface area (Å²) in [6.45, 7) is 0.231. The number of rotatable bonds is 5. The minimum Gasteiger partial charge on any atom is -0.493 e. The minimum absolute atomic E-state index is 0.231. The molecular formula is C14H17N3O3. The lowest BCUT2D eigenvalue weighted by Gasteiger charge is -2.27. The molecule has 0 unspecified atom stereocenters. The van der Waals surface area contributed by atoms with Crippen LogP contribution in [0, 0.1) is 0 Å². The van der Waals surface area contributed by atoms with Crippen LogP contribution in [0.3, 0.4) is 0 Å². The van der Waals surface area contributed by atoms with Crippen LogP contribution in [0.1, 0.15) is 25.2 Å². The van der Waals surface area contributed by atoms with Gasteiger partial charge in [0.25, 0.3) is 0 Å². The highest BCUT2D eigenvalue weighted by atomic mass is 16.5. The zero-order chi connectivity index (χ0) is 13.9. The molecule has 1 aromatic heterocycles. The van der Waals surface area contributed by atoms with Crippen molar-refractivity contribution in [3.63, 3.8) is 0 Å². The first kappa shape index (κ1) is 12.9. The van der Waals surface area contributed by atoms with E-state index in [-0.39, 0.29) is 12.6 Å². The predicted molar refractivity (Wildman–Crippen MR) is 72.4 cm³/mol. The first-order valence-corrected chi connectivity index (χ1v) is 6.68. The molecule has 0 spiro atoms. The van der Waals surface area contributed by atoms with E-state index < -0.39 is 0 Å². The summed E-state index contributed by atoms with van der Waals surface area (Å²) in [6.07, 6.45) is 3.68. The highest BCUT2D eigenvalue weighted by molar-refractivity contribution is 5.60. The third kappa shape index (κ3) is 2.46. The molecular weight excluding hydrogens is 258 g/mol. The first-order valence-electron chi connectivity index (χ1n) is 6.68. The topological polar surface area (TPSA) is 83.4 Å². The predicted octanol–water partition coefficient (Wildman–Crippen LogP) is 2.14. The smallest absolute Gasteiger partial charge is 0.240 e. The van der Waals surface area contributed by atoms with Gasteiger partial charge in [-0.05, 0) is 37.5 Å². The zero-order valence-corrected chi connectivity index (χ0v) is 11.3. The Morgan fingerprint density at radius 3 is 2.80 bits per heavy atom. The van der Waals surface area contributed by atoms with Gasteiger partial charge in [-0.3, -0.25) is 0 Å². The fourth-order valence-corrected chi connectivity index (χ4v) is 2.03. The van der Waals surface area contributed by atoms with E-state index in [1.807, 2.05) is 18.2 Å². The average Bonchev–Trinajstić information content (AvgIpc) is 2.91. The molecule has 106 valence electrons. The second-order valence-electron chi connectivity index (χ2n) is 4.75. The molecule has 1 saturated carbocycles. The van der Waals surface area contributed by atoms with Crippen molar-refractivity contribution in [2.45, 2.75) is 31.9 Å². The van der Waals surface area contributed by atoms with Crippen molar-refractivity contribution in [1.82, 2.24) is 10.1 Å². The van der Waals surface area contributed by atoms with Crippen LogP contribution in [-0.2, 0) is 6.54 Å². The molecule has 1 aliphatic carbocycles. The fourth-order valence-electron chi connectivity index (χ4n) is 2.03. The molecule has 0 aliphatic heterocycles. The molecule has 1 aliphatic rings. The summed E-state index contributed by atoms with van der Waals surface area (Å²) < 4.78 is 16.3. The van der Waals surface area contributed by atoms with E-state index in [9.17, 15) is 0 Å². The molecule has 2 aromatic rings. The Bertz CT molecular complexity index is 593. The van der Waals surface area contributed by atoms with Gasteiger partial charge in [-0.15, -0.1) is 0 Å². The third-order valence-electron chi connectivity index (χ3n) is 3.41. The summed E-state index contributed by atoms with van der Waals surface area (Å²) in [5.41, 5.74) is 6.29. The van der Waals surface area contributed by atoms with Crippen LogP contribution in [0.25, 0.3) is 11.4 Å². The molecule has 0 amide bonds. The molecule has 6 heteroatoms. The summed E-state index contributed by atoms with van der Waals surface area (Å²) in [4.78, 5) is 4.21. The zero-order valence-electron chi connectivity index (χ0n) is 11.3. The molecule has 0 radical (unpaired) electrons. The average molecular weight is 275 g/mol. The molecule has 1 fully saturated rings. The third-order valence-corrected chi connectivity index (χ3v) is 3.41. The second kappa shape index (κ2) is 5.50. The van der Waals surface area contributed by atoms with Gasteiger partial charge in [0.05, 0.1) is 19.8 Å². The number of hydrogen-bond donors (Lipinski definition) is 1. The largest absolute Gasteiger partial charge is 0.493 e. The van der Waals surface area contributed by atoms with Crippen molar-refractivity contribution in [3.8, 4) is 22.9 Å². The van der Waals surface area contributed by atoms with E-state index in [1.54, 1.807) is 7.11 Å². The van der Waals surface area contributed by atoms with E-state index in [4.69, 9.17) is 19.7 Å². The summed E-state index contributed by atoms with van der Waals surface area (Å²) in [7, 11) is 1.63. The number of nitrogens with two attached hydrogens (primary N) is 1. The van der Waals surface area contributed by atoms with Crippen LogP contribution in [0.2, 0.25) is 0 Å². The molecule has 0 bridgehead atoms. The first-order chi connectivity index (χ1) is 9.80. The maximum absolute atomic E-state index is 5.93. The highest BCUT2D eigenvalue weighted by Crippen LogP contribution is 2.35. The minimum atomic E-state index is 0.231. The van der Waals surface area contributed by atoms with E-state index in [2.05, 4.69) is 10.1 Å². The molecule has 2 N–H and O–H groups in total. The van der Waals surface area contributed by atoms with Crippen molar-refractivity contribution in [3.05, 3.63) is 24.1 Å². The van der Waals surface area contributed by atoms with E-state index in [1.165, 1.54) is 6.42 Å². The van der Waals surface area contributed by atoms with Crippen molar-refractivity contribution in [2.24, 2.45) is 5.73 Å². The fraction of sp³-hybridized carbons (Fsp3) is 0.429. The Morgan fingerprint density at radius 1 is 1.35 bits per heavy atom. The lowest BCUT2D eigenvalue weighted by Crippen LogP contribution is -2.24. The van der Waals surface area contributed by atoms with Crippen LogP contribution in [0.4, 0.5) is 0 Å². The van der Waals surface area contributed by atoms with Crippen LogP contribution in [0.15, 0.2) is 22.7 Å². The van der Waals surface area contributed by atoms with Crippen molar-refractivity contribution in [1.29, 1.82) is 0 Å². The van der Waals surface area contributed by atoms with Crippen LogP contribution >= 0.6 is 0 Å². The SMILES string of the molecule is COc1ccc(-c2noc(CN)n2)cc1OC1CCC1. The quantitative estimate of drug-likeness (QED) is 0.900. The number of methoxy groups -OCH3 is 1. The Hall–Kier alpha value is -2.08. The van der Waals surface area contributed by atoms with Gasteiger partial charge in [0.15, 0.2) is 11.5 Å². The van der Waals surface area contributed by atoms with Gasteiger partial charge in [-0.25, -0.2) is 0 Å². The number of nitrogens with zero attached hydrogens (tertiary/aromatic N) is 2. The van der Waals surface area contributed by atoms with Crippen LogP contribution < -0.4 is 15.2 Å². The van der Waals surface area contributed by atoms with Crippen LogP contribution in [-0.4, -0.2) is 23.4 Å². The lowest BCUT2D eigenvalue weighted by molar-refractivity contribution is 0.116. The normalized spacial score (nSPS) is 14.9. The lowest BCUT2D eigenvalue weighted by atomic mass is 9.96. The van der Waals surface area contributed by atoms with Gasteiger partial charge in [0.2, 0.25) is 11.7 Å². The monoisotopic (exact) mass is 275 g/mol. The van der Waals surface area contributed by atoms with E-state index in [0.717, 1.165) is 18.4 Å². The van der Waals surface area contributed by atoms with Crippen molar-refractivity contribution < 1.29 is 14.0 Å². The van der Waals surface area contributed by atoms with Gasteiger partial charge in [-0.2, -0.15) is 4.98 Å². The Balaban J connectivity index is 1.89. The standard InChI is InChI=1S/C14H17N3O3/c1-18-11-6-5-9(14-16-13(8-15)20-17-14)7-12(11)19-10-3-2-4-10/h5-7,10H,2-4,8,15H2,1H3. The molecule has 1 heterocycles. The van der Waals surface area contributed by atoms with Crippen LogP contribution in [0.5, 0.6) is 11.5 Å². The Labute approximate surface area is 116 Å². The van der Waals surface area contributed by atoms with Gasteiger partial charge in [0.1, 0.15) is 0 Å². The van der Waals surface area contributed by atoms with E-state index in [0.29, 0.717) is 23.2 Å². The maximum Gasteiger partial charge on any atom is 0.240 e. The highest BCUT2D eigenvalue weighted by Gasteiger charge is 2.21. The molecule has 20 heavy (non-hydrogen) atoms. The Kier molecular flexibility index (Phi) is 3.56. The maximum atomic E-state index is 5.93. The van der Waals surface area contributed by atoms with Crippen molar-refractivity contribution in [2.75, 3.05) is 7.11 Å². The number of hydrogen-bond acceptors (Lipinski definition) is 6. The molecule has 0 atom stereocenters. The number of ether oxygens (including phenoxy) is 2. The van der Waals surface area contributed by atoms with Gasteiger partial charge in [0, 0.05) is 5.56 Å². The summed E-state index contributed by atoms with van der Waals surface area (Å²) in [5, 5.41) is 3.90. The van der Waals surface area contributed by atoms with Gasteiger partial charge >= 0.3 is 0 Å². The summed E-state index contributed by atoms with van der Waals surface area (Å²) in [6, 6.07) is 5.60. The second-order valence-corrected chi connectivity index (χ2v) is 4.75. The summed E-state index contributed by atoms with van der Waals surface area (Å²) >= 11 is 0. The van der Waals surface area contributed by atoms with Gasteiger partial charge in [-0.1, -0.05) is 5.16 Å². The number of aromatic nitrogens is 2. The molecule has 0 saturated heterocycles. The van der Waals surface area contributed by atoms with E-state index >= 15 is 0 Å². The Morgan fingerprint density at radius 2 is 2.20 bits per heavy atom. The molecule has 3 rings (SSSR count). The summed E-state index contributed by atoms with van der Waals surface area (Å²) in [5.74, 6) is 2.35. The van der Waals surface area contributed by atoms with Gasteiger partial charge < -0.3 is 19.7 Å². The molecule has 6 nitrogen and oxygen atoms in total. The molecule has 1 aromatic carbocycles.